The number of nitrogens with zero attached hydrogens (tertiary/aromatic N) is 2. The fourth-order valence-corrected chi connectivity index (χ4v) is 5.00. The number of sulfonamides is 1. The molecule has 1 unspecified atom stereocenters. The first-order valence-electron chi connectivity index (χ1n) is 10.5. The largest absolute Gasteiger partial charge is 0.449 e. The maximum absolute atomic E-state index is 13.0. The van der Waals surface area contributed by atoms with Gasteiger partial charge in [-0.05, 0) is 44.0 Å². The molecular weight excluding hydrogens is 450 g/mol. The van der Waals surface area contributed by atoms with Crippen molar-refractivity contribution in [1.29, 1.82) is 0 Å². The Morgan fingerprint density at radius 2 is 1.73 bits per heavy atom. The molecule has 2 aromatic rings. The van der Waals surface area contributed by atoms with Crippen molar-refractivity contribution in [2.24, 2.45) is 0 Å². The molecule has 1 amide bonds. The summed E-state index contributed by atoms with van der Waals surface area (Å²) in [6, 6.07) is 10.9. The van der Waals surface area contributed by atoms with Crippen LogP contribution in [0.4, 0.5) is 11.4 Å². The lowest BCUT2D eigenvalue weighted by Gasteiger charge is -2.20. The van der Waals surface area contributed by atoms with E-state index in [1.165, 1.54) is 59.8 Å². The Balaban J connectivity index is 1.68. The van der Waals surface area contributed by atoms with Crippen LogP contribution in [0.5, 0.6) is 0 Å². The van der Waals surface area contributed by atoms with Gasteiger partial charge in [0.25, 0.3) is 11.6 Å². The summed E-state index contributed by atoms with van der Waals surface area (Å²) in [4.78, 5) is 35.2. The van der Waals surface area contributed by atoms with Crippen LogP contribution < -0.4 is 5.32 Å². The van der Waals surface area contributed by atoms with Gasteiger partial charge in [0.15, 0.2) is 6.10 Å². The number of non-ortho nitro benzene ring substituents is 1. The molecule has 0 radical (unpaired) electrons. The van der Waals surface area contributed by atoms with Crippen molar-refractivity contribution in [3.8, 4) is 0 Å². The van der Waals surface area contributed by atoms with E-state index >= 15 is 0 Å². The van der Waals surface area contributed by atoms with Crippen LogP contribution in [0.25, 0.3) is 0 Å². The Morgan fingerprint density at radius 1 is 1.06 bits per heavy atom. The highest BCUT2D eigenvalue weighted by atomic mass is 32.2. The third-order valence-corrected chi connectivity index (χ3v) is 7.14. The average molecular weight is 476 g/mol. The maximum atomic E-state index is 13.0. The molecule has 176 valence electrons. The third-order valence-electron chi connectivity index (χ3n) is 5.25. The summed E-state index contributed by atoms with van der Waals surface area (Å²) in [5.41, 5.74) is -0.0107. The molecule has 0 spiro atoms. The Bertz CT molecular complexity index is 1140. The lowest BCUT2D eigenvalue weighted by Crippen LogP contribution is -2.32. The molecule has 11 heteroatoms. The monoisotopic (exact) mass is 475 g/mol. The van der Waals surface area contributed by atoms with E-state index in [9.17, 15) is 28.1 Å². The number of hydrogen-bond acceptors (Lipinski definition) is 7. The van der Waals surface area contributed by atoms with E-state index in [2.05, 4.69) is 5.32 Å². The van der Waals surface area contributed by atoms with Gasteiger partial charge in [0, 0.05) is 30.9 Å². The molecule has 2 aromatic carbocycles. The standard InChI is InChI=1S/C22H25N3O7S/c1-16(21(26)23-18-9-7-10-19(15-18)25(28)29)32-22(27)17-8-6-11-20(14-17)33(30,31)24-12-4-2-3-5-13-24/h6-11,14-16H,2-5,12-13H2,1H3,(H,23,26). The van der Waals surface area contributed by atoms with Gasteiger partial charge in [0.1, 0.15) is 0 Å². The molecule has 33 heavy (non-hydrogen) atoms. The number of rotatable bonds is 7. The van der Waals surface area contributed by atoms with Crippen LogP contribution in [-0.2, 0) is 19.6 Å². The molecule has 0 saturated carbocycles. The lowest BCUT2D eigenvalue weighted by molar-refractivity contribution is -0.384. The van der Waals surface area contributed by atoms with E-state index in [4.69, 9.17) is 4.74 Å². The van der Waals surface area contributed by atoms with Gasteiger partial charge in [0.05, 0.1) is 15.4 Å². The number of anilines is 1. The maximum Gasteiger partial charge on any atom is 0.338 e. The van der Waals surface area contributed by atoms with Crippen molar-refractivity contribution in [3.05, 3.63) is 64.2 Å². The Hall–Kier alpha value is -3.31. The number of nitro benzene ring substituents is 1. The molecule has 10 nitrogen and oxygen atoms in total. The number of carbonyl (C=O) groups excluding carboxylic acids is 2. The number of benzene rings is 2. The minimum atomic E-state index is -3.75. The van der Waals surface area contributed by atoms with Crippen molar-refractivity contribution < 1.29 is 27.7 Å². The highest BCUT2D eigenvalue weighted by Crippen LogP contribution is 2.22. The number of nitrogens with one attached hydrogen (secondary N) is 1. The van der Waals surface area contributed by atoms with E-state index in [0.717, 1.165) is 25.7 Å². The number of carbonyl (C=O) groups is 2. The molecule has 3 rings (SSSR count). The highest BCUT2D eigenvalue weighted by molar-refractivity contribution is 7.89. The van der Waals surface area contributed by atoms with Crippen LogP contribution in [0.1, 0.15) is 43.0 Å². The average Bonchev–Trinajstić information content (AvgIpc) is 3.09. The predicted octanol–water partition coefficient (Wildman–Crippen LogP) is 3.34. The first kappa shape index (κ1) is 24.3. The number of esters is 1. The number of nitro groups is 1. The molecular formula is C22H25N3O7S. The number of ether oxygens (including phenoxy) is 1. The van der Waals surface area contributed by atoms with Crippen molar-refractivity contribution in [3.63, 3.8) is 0 Å². The second-order valence-electron chi connectivity index (χ2n) is 7.69. The molecule has 0 aromatic heterocycles. The fraction of sp³-hybridized carbons (Fsp3) is 0.364. The molecule has 1 atom stereocenters. The molecule has 1 aliphatic heterocycles. The van der Waals surface area contributed by atoms with E-state index in [1.54, 1.807) is 0 Å². The normalized spacial score (nSPS) is 15.8. The molecule has 1 N–H and O–H groups in total. The van der Waals surface area contributed by atoms with E-state index in [1.807, 2.05) is 0 Å². The molecule has 0 aliphatic carbocycles. The summed E-state index contributed by atoms with van der Waals surface area (Å²) < 4.78 is 32.6. The van der Waals surface area contributed by atoms with Gasteiger partial charge in [-0.25, -0.2) is 13.2 Å². The topological polar surface area (TPSA) is 136 Å². The first-order chi connectivity index (χ1) is 15.7. The number of hydrogen-bond donors (Lipinski definition) is 1. The molecule has 1 fully saturated rings. The predicted molar refractivity (Wildman–Crippen MR) is 120 cm³/mol. The lowest BCUT2D eigenvalue weighted by atomic mass is 10.2. The van der Waals surface area contributed by atoms with Gasteiger partial charge in [-0.1, -0.05) is 25.0 Å². The van der Waals surface area contributed by atoms with E-state index < -0.39 is 32.9 Å². The van der Waals surface area contributed by atoms with Gasteiger partial charge in [-0.2, -0.15) is 4.31 Å². The molecule has 1 saturated heterocycles. The zero-order valence-corrected chi connectivity index (χ0v) is 18.9. The van der Waals surface area contributed by atoms with Crippen LogP contribution in [0, 0.1) is 10.1 Å². The fourth-order valence-electron chi connectivity index (χ4n) is 3.44. The SMILES string of the molecule is CC(OC(=O)c1cccc(S(=O)(=O)N2CCCCCC2)c1)C(=O)Nc1cccc([N+](=O)[O-])c1. The van der Waals surface area contributed by atoms with Crippen LogP contribution >= 0.6 is 0 Å². The van der Waals surface area contributed by atoms with E-state index in [-0.39, 0.29) is 21.8 Å². The second kappa shape index (κ2) is 10.5. The number of amides is 1. The Labute approximate surface area is 191 Å². The summed E-state index contributed by atoms with van der Waals surface area (Å²) in [6.45, 7) is 2.22. The Kier molecular flexibility index (Phi) is 7.77. The van der Waals surface area contributed by atoms with Crippen molar-refractivity contribution in [2.45, 2.75) is 43.6 Å². The minimum absolute atomic E-state index is 0.000830. The zero-order chi connectivity index (χ0) is 24.0. The summed E-state index contributed by atoms with van der Waals surface area (Å²) in [5, 5.41) is 13.3. The van der Waals surface area contributed by atoms with Crippen LogP contribution in [-0.4, -0.2) is 48.7 Å². The first-order valence-corrected chi connectivity index (χ1v) is 12.0. The summed E-state index contributed by atoms with van der Waals surface area (Å²) in [7, 11) is -3.75. The summed E-state index contributed by atoms with van der Waals surface area (Å²) >= 11 is 0. The van der Waals surface area contributed by atoms with Crippen LogP contribution in [0.3, 0.4) is 0 Å². The van der Waals surface area contributed by atoms with Crippen molar-refractivity contribution in [2.75, 3.05) is 18.4 Å². The van der Waals surface area contributed by atoms with Crippen molar-refractivity contribution in [1.82, 2.24) is 4.31 Å². The van der Waals surface area contributed by atoms with E-state index in [0.29, 0.717) is 13.1 Å². The van der Waals surface area contributed by atoms with Crippen LogP contribution in [0.15, 0.2) is 53.4 Å². The summed E-state index contributed by atoms with van der Waals surface area (Å²) in [5.74, 6) is -1.54. The molecule has 1 aliphatic rings. The van der Waals surface area contributed by atoms with Crippen LogP contribution in [0.2, 0.25) is 0 Å². The van der Waals surface area contributed by atoms with Gasteiger partial charge >= 0.3 is 5.97 Å². The third kappa shape index (κ3) is 6.14. The summed E-state index contributed by atoms with van der Waals surface area (Å²) in [6.07, 6.45) is 2.32. The van der Waals surface area contributed by atoms with Gasteiger partial charge in [-0.3, -0.25) is 14.9 Å². The quantitative estimate of drug-likeness (QED) is 0.368. The highest BCUT2D eigenvalue weighted by Gasteiger charge is 2.27. The van der Waals surface area contributed by atoms with Gasteiger partial charge in [-0.15, -0.1) is 0 Å². The smallest absolute Gasteiger partial charge is 0.338 e. The molecule has 1 heterocycles. The van der Waals surface area contributed by atoms with Crippen molar-refractivity contribution >= 4 is 33.3 Å². The second-order valence-corrected chi connectivity index (χ2v) is 9.63. The van der Waals surface area contributed by atoms with Gasteiger partial charge in [0.2, 0.25) is 10.0 Å². The minimum Gasteiger partial charge on any atom is -0.449 e. The Morgan fingerprint density at radius 3 is 2.39 bits per heavy atom. The van der Waals surface area contributed by atoms with Gasteiger partial charge < -0.3 is 10.1 Å². The zero-order valence-electron chi connectivity index (χ0n) is 18.1. The molecule has 0 bridgehead atoms.